The molecule has 2 aromatic rings. The number of carbonyl (C=O) groups excluding carboxylic acids is 2. The summed E-state index contributed by atoms with van der Waals surface area (Å²) in [6.07, 6.45) is 1.74. The van der Waals surface area contributed by atoms with Gasteiger partial charge in [0.25, 0.3) is 0 Å². The lowest BCUT2D eigenvalue weighted by atomic mass is 9.87. The first-order chi connectivity index (χ1) is 15.6. The van der Waals surface area contributed by atoms with Crippen molar-refractivity contribution in [3.05, 3.63) is 70.1 Å². The molecule has 0 radical (unpaired) electrons. The SMILES string of the molecule is CC1=CCC(=O)C(c2nc(CC(=O)C3(c4ccc5c(c4)OC(F)(F)O5)CC3)cc(C)c2C)=C1. The van der Waals surface area contributed by atoms with E-state index in [1.807, 2.05) is 39.0 Å². The van der Waals surface area contributed by atoms with Gasteiger partial charge in [0.05, 0.1) is 11.1 Å². The third kappa shape index (κ3) is 3.75. The zero-order chi connectivity index (χ0) is 23.5. The van der Waals surface area contributed by atoms with Crippen LogP contribution < -0.4 is 9.47 Å². The van der Waals surface area contributed by atoms with E-state index >= 15 is 0 Å². The number of aryl methyl sites for hydroxylation is 1. The van der Waals surface area contributed by atoms with Gasteiger partial charge >= 0.3 is 6.29 Å². The summed E-state index contributed by atoms with van der Waals surface area (Å²) in [7, 11) is 0. The minimum absolute atomic E-state index is 0.00917. The molecule has 0 N–H and O–H groups in total. The van der Waals surface area contributed by atoms with Crippen molar-refractivity contribution in [2.24, 2.45) is 0 Å². The molecule has 33 heavy (non-hydrogen) atoms. The zero-order valence-electron chi connectivity index (χ0n) is 18.6. The first kappa shape index (κ1) is 21.5. The van der Waals surface area contributed by atoms with E-state index in [9.17, 15) is 18.4 Å². The largest absolute Gasteiger partial charge is 0.586 e. The summed E-state index contributed by atoms with van der Waals surface area (Å²) in [5, 5.41) is 0. The number of benzene rings is 1. The third-order valence-electron chi connectivity index (χ3n) is 6.70. The van der Waals surface area contributed by atoms with Gasteiger partial charge in [-0.3, -0.25) is 14.6 Å². The molecule has 5 nitrogen and oxygen atoms in total. The maximum atomic E-state index is 13.4. The highest BCUT2D eigenvalue weighted by Crippen LogP contribution is 2.52. The van der Waals surface area contributed by atoms with Gasteiger partial charge in [-0.25, -0.2) is 0 Å². The van der Waals surface area contributed by atoms with Crippen molar-refractivity contribution in [2.45, 2.75) is 58.2 Å². The second kappa shape index (κ2) is 7.33. The van der Waals surface area contributed by atoms with E-state index in [1.165, 1.54) is 12.1 Å². The Morgan fingerprint density at radius 3 is 2.55 bits per heavy atom. The summed E-state index contributed by atoms with van der Waals surface area (Å²) in [4.78, 5) is 30.6. The molecular formula is C26H23F2NO4. The van der Waals surface area contributed by atoms with Crippen molar-refractivity contribution in [1.82, 2.24) is 4.98 Å². The number of carbonyl (C=O) groups is 2. The number of pyridine rings is 1. The lowest BCUT2D eigenvalue weighted by Crippen LogP contribution is -2.26. The Balaban J connectivity index is 1.44. The van der Waals surface area contributed by atoms with E-state index in [0.29, 0.717) is 41.8 Å². The van der Waals surface area contributed by atoms with Crippen LogP contribution in [0.25, 0.3) is 5.57 Å². The fourth-order valence-electron chi connectivity index (χ4n) is 4.52. The molecule has 7 heteroatoms. The monoisotopic (exact) mass is 451 g/mol. The van der Waals surface area contributed by atoms with Crippen LogP contribution >= 0.6 is 0 Å². The molecule has 0 saturated heterocycles. The number of ether oxygens (including phenoxy) is 2. The van der Waals surface area contributed by atoms with E-state index in [1.54, 1.807) is 6.07 Å². The number of fused-ring (bicyclic) bond motifs is 1. The molecule has 0 unspecified atom stereocenters. The van der Waals surface area contributed by atoms with Crippen LogP contribution in [0, 0.1) is 13.8 Å². The average molecular weight is 451 g/mol. The van der Waals surface area contributed by atoms with Crippen LogP contribution in [-0.2, 0) is 21.4 Å². The van der Waals surface area contributed by atoms with E-state index < -0.39 is 11.7 Å². The molecule has 2 aliphatic carbocycles. The molecule has 1 saturated carbocycles. The van der Waals surface area contributed by atoms with Crippen LogP contribution in [0.5, 0.6) is 11.5 Å². The van der Waals surface area contributed by atoms with Crippen molar-refractivity contribution in [2.75, 3.05) is 0 Å². The maximum Gasteiger partial charge on any atom is 0.586 e. The molecule has 0 spiro atoms. The molecular weight excluding hydrogens is 428 g/mol. The smallest absolute Gasteiger partial charge is 0.395 e. The number of allylic oxidation sites excluding steroid dienone is 4. The average Bonchev–Trinajstić information content (AvgIpc) is 3.49. The van der Waals surface area contributed by atoms with E-state index in [4.69, 9.17) is 4.98 Å². The summed E-state index contributed by atoms with van der Waals surface area (Å²) in [6.45, 7) is 5.81. The van der Waals surface area contributed by atoms with Gasteiger partial charge in [-0.05, 0) is 74.6 Å². The van der Waals surface area contributed by atoms with Crippen LogP contribution in [0.3, 0.4) is 0 Å². The second-order valence-corrected chi connectivity index (χ2v) is 9.05. The number of halogens is 2. The summed E-state index contributed by atoms with van der Waals surface area (Å²) in [6, 6.07) is 6.42. The molecule has 170 valence electrons. The first-order valence-electron chi connectivity index (χ1n) is 10.9. The number of alkyl halides is 2. The van der Waals surface area contributed by atoms with Gasteiger partial charge in [0.15, 0.2) is 17.3 Å². The van der Waals surface area contributed by atoms with Gasteiger partial charge in [-0.15, -0.1) is 8.78 Å². The van der Waals surface area contributed by atoms with Crippen LogP contribution in [0.4, 0.5) is 8.78 Å². The Morgan fingerprint density at radius 1 is 1.09 bits per heavy atom. The third-order valence-corrected chi connectivity index (χ3v) is 6.70. The molecule has 0 bridgehead atoms. The fraction of sp³-hybridized carbons (Fsp3) is 0.346. The Morgan fingerprint density at radius 2 is 1.82 bits per heavy atom. The number of rotatable bonds is 5. The Kier molecular flexibility index (Phi) is 4.78. The van der Waals surface area contributed by atoms with Gasteiger partial charge in [0.2, 0.25) is 0 Å². The van der Waals surface area contributed by atoms with Crippen molar-refractivity contribution >= 4 is 17.1 Å². The molecule has 1 fully saturated rings. The molecule has 1 aromatic heterocycles. The van der Waals surface area contributed by atoms with Gasteiger partial charge in [-0.2, -0.15) is 0 Å². The van der Waals surface area contributed by atoms with Crippen molar-refractivity contribution in [1.29, 1.82) is 0 Å². The van der Waals surface area contributed by atoms with Gasteiger partial charge in [0, 0.05) is 24.1 Å². The summed E-state index contributed by atoms with van der Waals surface area (Å²) in [5.41, 5.74) is 4.57. The molecule has 2 heterocycles. The van der Waals surface area contributed by atoms with Crippen LogP contribution in [0.15, 0.2) is 42.0 Å². The van der Waals surface area contributed by atoms with Crippen LogP contribution in [-0.4, -0.2) is 22.8 Å². The van der Waals surface area contributed by atoms with Crippen LogP contribution in [0.2, 0.25) is 0 Å². The minimum Gasteiger partial charge on any atom is -0.395 e. The van der Waals surface area contributed by atoms with Gasteiger partial charge < -0.3 is 9.47 Å². The highest BCUT2D eigenvalue weighted by molar-refractivity contribution is 6.22. The number of ketones is 2. The lowest BCUT2D eigenvalue weighted by Gasteiger charge is -2.18. The maximum absolute atomic E-state index is 13.4. The van der Waals surface area contributed by atoms with E-state index in [2.05, 4.69) is 9.47 Å². The number of hydrogen-bond acceptors (Lipinski definition) is 5. The van der Waals surface area contributed by atoms with Crippen LogP contribution in [0.1, 0.15) is 54.3 Å². The molecule has 0 amide bonds. The number of Topliss-reactive ketones (excluding diaryl/α,β-unsaturated/α-hetero) is 2. The molecule has 3 aliphatic rings. The Hall–Kier alpha value is -3.35. The van der Waals surface area contributed by atoms with Gasteiger partial charge in [-0.1, -0.05) is 17.7 Å². The first-order valence-corrected chi connectivity index (χ1v) is 10.9. The summed E-state index contributed by atoms with van der Waals surface area (Å²) < 4.78 is 35.8. The normalized spacial score (nSPS) is 19.7. The van der Waals surface area contributed by atoms with E-state index in [-0.39, 0.29) is 29.5 Å². The quantitative estimate of drug-likeness (QED) is 0.628. The predicted octanol–water partition coefficient (Wildman–Crippen LogP) is 5.17. The highest BCUT2D eigenvalue weighted by atomic mass is 19.3. The summed E-state index contributed by atoms with van der Waals surface area (Å²) in [5.74, 6) is -0.124. The number of aromatic nitrogens is 1. The Bertz CT molecular complexity index is 1270. The molecule has 0 atom stereocenters. The lowest BCUT2D eigenvalue weighted by molar-refractivity contribution is -0.286. The standard InChI is InChI=1S/C26H23F2NO4/c1-14-4-6-20(30)19(10-14)24-16(3)15(2)11-18(29-24)13-23(31)25(8-9-25)17-5-7-21-22(12-17)33-26(27,28)32-21/h4-5,7,10-12H,6,8-9,13H2,1-3H3. The second-order valence-electron chi connectivity index (χ2n) is 9.05. The molecule has 1 aliphatic heterocycles. The molecule has 1 aromatic carbocycles. The number of nitrogens with zero attached hydrogens (tertiary/aromatic N) is 1. The summed E-state index contributed by atoms with van der Waals surface area (Å²) >= 11 is 0. The Labute approximate surface area is 190 Å². The molecule has 5 rings (SSSR count). The van der Waals surface area contributed by atoms with Crippen molar-refractivity contribution < 1.29 is 27.8 Å². The highest BCUT2D eigenvalue weighted by Gasteiger charge is 2.52. The fourth-order valence-corrected chi connectivity index (χ4v) is 4.52. The van der Waals surface area contributed by atoms with Crippen molar-refractivity contribution in [3.63, 3.8) is 0 Å². The number of hydrogen-bond donors (Lipinski definition) is 0. The zero-order valence-corrected chi connectivity index (χ0v) is 18.6. The predicted molar refractivity (Wildman–Crippen MR) is 117 cm³/mol. The van der Waals surface area contributed by atoms with Gasteiger partial charge in [0.1, 0.15) is 5.78 Å². The topological polar surface area (TPSA) is 65.5 Å². The van der Waals surface area contributed by atoms with Crippen molar-refractivity contribution in [3.8, 4) is 11.5 Å². The minimum atomic E-state index is -3.69. The van der Waals surface area contributed by atoms with E-state index in [0.717, 1.165) is 16.7 Å².